The Morgan fingerprint density at radius 2 is 2.14 bits per heavy atom. The van der Waals surface area contributed by atoms with Gasteiger partial charge in [0.1, 0.15) is 0 Å². The molecule has 0 heterocycles. The Hall–Kier alpha value is -1.69. The first-order valence-electron chi connectivity index (χ1n) is 3.43. The second-order valence-electron chi connectivity index (χ2n) is 2.42. The first-order valence-corrected chi connectivity index (χ1v) is 4.97. The Kier molecular flexibility index (Phi) is 2.66. The number of hydrogen-bond donors (Lipinski definition) is 1. The Morgan fingerprint density at radius 1 is 1.50 bits per heavy atom. The third kappa shape index (κ3) is 2.40. The zero-order chi connectivity index (χ0) is 10.8. The molecule has 1 aliphatic carbocycles. The van der Waals surface area contributed by atoms with Crippen molar-refractivity contribution in [3.63, 3.8) is 0 Å². The highest BCUT2D eigenvalue weighted by molar-refractivity contribution is 7.93. The van der Waals surface area contributed by atoms with Crippen LogP contribution in [0, 0.1) is 10.1 Å². The molecule has 14 heavy (non-hydrogen) atoms. The molecule has 0 spiro atoms. The maximum atomic E-state index is 10.9. The molecule has 0 aromatic rings. The number of hydrogen-bond acceptors (Lipinski definition) is 4. The van der Waals surface area contributed by atoms with Gasteiger partial charge in [-0.15, -0.1) is 5.73 Å². The summed E-state index contributed by atoms with van der Waals surface area (Å²) >= 11 is 0. The van der Waals surface area contributed by atoms with Gasteiger partial charge in [-0.25, -0.2) is 13.6 Å². The maximum absolute atomic E-state index is 10.9. The molecule has 0 bridgehead atoms. The van der Waals surface area contributed by atoms with E-state index in [1.807, 2.05) is 0 Å². The molecule has 7 heteroatoms. The fourth-order valence-corrected chi connectivity index (χ4v) is 1.29. The van der Waals surface area contributed by atoms with E-state index in [-0.39, 0.29) is 10.6 Å². The van der Waals surface area contributed by atoms with Crippen LogP contribution in [0.1, 0.15) is 0 Å². The summed E-state index contributed by atoms with van der Waals surface area (Å²) < 4.78 is 21.8. The Balaban J connectivity index is 3.29. The number of sulfonamides is 1. The first kappa shape index (κ1) is 10.4. The molecular formula is C7H6N2O4S. The molecule has 0 aromatic heterocycles. The predicted octanol–water partition coefficient (Wildman–Crippen LogP) is 0.0443. The van der Waals surface area contributed by atoms with Gasteiger partial charge < -0.3 is 0 Å². The number of nitrogens with two attached hydrogens (primary N) is 1. The zero-order valence-corrected chi connectivity index (χ0v) is 7.69. The fraction of sp³-hybridized carbons (Fsp3) is 0. The summed E-state index contributed by atoms with van der Waals surface area (Å²) in [6.45, 7) is 0. The zero-order valence-electron chi connectivity index (χ0n) is 6.88. The van der Waals surface area contributed by atoms with Crippen LogP contribution in [-0.4, -0.2) is 13.3 Å². The molecule has 1 aliphatic rings. The molecule has 0 fully saturated rings. The monoisotopic (exact) mass is 214 g/mol. The Morgan fingerprint density at radius 3 is 2.64 bits per heavy atom. The molecule has 2 N–H and O–H groups in total. The predicted molar refractivity (Wildman–Crippen MR) is 48.9 cm³/mol. The molecular weight excluding hydrogens is 208 g/mol. The van der Waals surface area contributed by atoms with Crippen LogP contribution in [0.3, 0.4) is 0 Å². The summed E-state index contributed by atoms with van der Waals surface area (Å²) in [5, 5.41) is 15.2. The second kappa shape index (κ2) is 3.59. The summed E-state index contributed by atoms with van der Waals surface area (Å²) in [6, 6.07) is 0. The summed E-state index contributed by atoms with van der Waals surface area (Å²) in [5.74, 6) is 0. The quantitative estimate of drug-likeness (QED) is 0.398. The SMILES string of the molecule is NS(=O)(=O)C1=CC([N+](=O)[O-])=CC=C=C1. The Labute approximate surface area is 79.9 Å². The van der Waals surface area contributed by atoms with Crippen molar-refractivity contribution >= 4 is 10.0 Å². The molecule has 0 unspecified atom stereocenters. The average molecular weight is 214 g/mol. The molecule has 0 aliphatic heterocycles. The van der Waals surface area contributed by atoms with Gasteiger partial charge in [0.2, 0.25) is 10.0 Å². The van der Waals surface area contributed by atoms with Gasteiger partial charge in [-0.05, 0) is 6.08 Å². The molecule has 74 valence electrons. The third-order valence-corrected chi connectivity index (χ3v) is 2.30. The normalized spacial score (nSPS) is 15.8. The number of allylic oxidation sites excluding steroid dienone is 3. The molecule has 1 rings (SSSR count). The van der Waals surface area contributed by atoms with Gasteiger partial charge in [0.25, 0.3) is 5.70 Å². The number of primary sulfonamides is 1. The van der Waals surface area contributed by atoms with E-state index in [1.54, 1.807) is 0 Å². The lowest BCUT2D eigenvalue weighted by molar-refractivity contribution is -0.419. The summed E-state index contributed by atoms with van der Waals surface area (Å²) in [6.07, 6.45) is 4.33. The van der Waals surface area contributed by atoms with Crippen LogP contribution in [0.2, 0.25) is 0 Å². The number of nitro groups is 1. The largest absolute Gasteiger partial charge is 0.271 e. The van der Waals surface area contributed by atoms with Crippen LogP contribution in [0.25, 0.3) is 0 Å². The summed E-state index contributed by atoms with van der Waals surface area (Å²) in [4.78, 5) is 9.33. The van der Waals surface area contributed by atoms with Crippen LogP contribution >= 0.6 is 0 Å². The van der Waals surface area contributed by atoms with E-state index in [9.17, 15) is 18.5 Å². The third-order valence-electron chi connectivity index (χ3n) is 1.41. The van der Waals surface area contributed by atoms with E-state index in [1.165, 1.54) is 6.08 Å². The van der Waals surface area contributed by atoms with Gasteiger partial charge in [0.05, 0.1) is 9.83 Å². The highest BCUT2D eigenvalue weighted by Gasteiger charge is 2.15. The van der Waals surface area contributed by atoms with E-state index in [4.69, 9.17) is 5.14 Å². The van der Waals surface area contributed by atoms with Crippen molar-refractivity contribution in [1.82, 2.24) is 0 Å². The molecule has 0 saturated heterocycles. The molecule has 0 radical (unpaired) electrons. The van der Waals surface area contributed by atoms with Crippen LogP contribution in [0.4, 0.5) is 0 Å². The van der Waals surface area contributed by atoms with Crippen molar-refractivity contribution in [2.45, 2.75) is 0 Å². The van der Waals surface area contributed by atoms with Gasteiger partial charge in [0, 0.05) is 18.2 Å². The van der Waals surface area contributed by atoms with Gasteiger partial charge in [-0.2, -0.15) is 0 Å². The standard InChI is InChI=1S/C7H6N2O4S/c8-14(12,13)7-4-2-1-3-6(5-7)9(10)11/h1,3-5H,(H2,8,12,13). The van der Waals surface area contributed by atoms with Crippen molar-refractivity contribution in [2.75, 3.05) is 0 Å². The molecule has 0 aromatic carbocycles. The average Bonchev–Trinajstić information content (AvgIpc) is 2.26. The lowest BCUT2D eigenvalue weighted by Crippen LogP contribution is -2.14. The minimum atomic E-state index is -3.94. The molecule has 0 saturated carbocycles. The Bertz CT molecular complexity index is 492. The smallest absolute Gasteiger partial charge is 0.258 e. The lowest BCUT2D eigenvalue weighted by Gasteiger charge is -1.95. The van der Waals surface area contributed by atoms with Gasteiger partial charge in [-0.1, -0.05) is 0 Å². The molecule has 0 amide bonds. The van der Waals surface area contributed by atoms with Gasteiger partial charge in [-0.3, -0.25) is 10.1 Å². The molecule has 0 atom stereocenters. The van der Waals surface area contributed by atoms with E-state index in [2.05, 4.69) is 5.73 Å². The van der Waals surface area contributed by atoms with E-state index >= 15 is 0 Å². The highest BCUT2D eigenvalue weighted by atomic mass is 32.2. The summed E-state index contributed by atoms with van der Waals surface area (Å²) in [5.41, 5.74) is 2.08. The van der Waals surface area contributed by atoms with Crippen molar-refractivity contribution < 1.29 is 13.3 Å². The van der Waals surface area contributed by atoms with E-state index in [0.29, 0.717) is 0 Å². The van der Waals surface area contributed by atoms with Gasteiger partial charge in [0.15, 0.2) is 0 Å². The number of nitrogens with zero attached hydrogens (tertiary/aromatic N) is 1. The van der Waals surface area contributed by atoms with Crippen LogP contribution < -0.4 is 5.14 Å². The van der Waals surface area contributed by atoms with E-state index < -0.39 is 14.9 Å². The van der Waals surface area contributed by atoms with Crippen LogP contribution in [-0.2, 0) is 10.0 Å². The van der Waals surface area contributed by atoms with E-state index in [0.717, 1.165) is 18.2 Å². The van der Waals surface area contributed by atoms with Crippen LogP contribution in [0.5, 0.6) is 0 Å². The maximum Gasteiger partial charge on any atom is 0.271 e. The second-order valence-corrected chi connectivity index (χ2v) is 3.98. The van der Waals surface area contributed by atoms with Crippen LogP contribution in [0.15, 0.2) is 40.6 Å². The fourth-order valence-electron chi connectivity index (χ4n) is 0.777. The first-order chi connectivity index (χ1) is 6.41. The number of rotatable bonds is 2. The van der Waals surface area contributed by atoms with Crippen molar-refractivity contribution in [3.05, 3.63) is 50.8 Å². The summed E-state index contributed by atoms with van der Waals surface area (Å²) in [7, 11) is -3.94. The van der Waals surface area contributed by atoms with Crippen molar-refractivity contribution in [3.8, 4) is 0 Å². The topological polar surface area (TPSA) is 103 Å². The lowest BCUT2D eigenvalue weighted by atomic mass is 10.4. The van der Waals surface area contributed by atoms with Crippen molar-refractivity contribution in [1.29, 1.82) is 0 Å². The van der Waals surface area contributed by atoms with Gasteiger partial charge >= 0.3 is 0 Å². The molecule has 6 nitrogen and oxygen atoms in total. The minimum absolute atomic E-state index is 0.339. The van der Waals surface area contributed by atoms with Crippen molar-refractivity contribution in [2.24, 2.45) is 5.14 Å². The highest BCUT2D eigenvalue weighted by Crippen LogP contribution is 2.11. The minimum Gasteiger partial charge on any atom is -0.258 e.